The predicted molar refractivity (Wildman–Crippen MR) is 77.6 cm³/mol. The molecule has 0 aromatic carbocycles. The molecule has 0 saturated heterocycles. The lowest BCUT2D eigenvalue weighted by molar-refractivity contribution is 0.0326. The molecule has 20 heavy (non-hydrogen) atoms. The molecule has 0 heterocycles. The highest BCUT2D eigenvalue weighted by Gasteiger charge is 2.37. The minimum atomic E-state index is -0.653. The molecule has 1 aliphatic carbocycles. The maximum Gasteiger partial charge on any atom is 0.144 e. The van der Waals surface area contributed by atoms with E-state index in [0.717, 1.165) is 25.7 Å². The third kappa shape index (κ3) is 5.01. The Morgan fingerprint density at radius 2 is 2.00 bits per heavy atom. The fourth-order valence-electron chi connectivity index (χ4n) is 2.33. The van der Waals surface area contributed by atoms with Crippen molar-refractivity contribution in [1.82, 2.24) is 5.32 Å². The summed E-state index contributed by atoms with van der Waals surface area (Å²) in [5, 5.41) is 35.9. The van der Waals surface area contributed by atoms with Crippen molar-refractivity contribution in [3.05, 3.63) is 0 Å². The Hall–Kier alpha value is -0.690. The van der Waals surface area contributed by atoms with Crippen LogP contribution in [-0.2, 0) is 4.84 Å². The number of rotatable bonds is 8. The summed E-state index contributed by atoms with van der Waals surface area (Å²) in [6.45, 7) is 4.33. The van der Waals surface area contributed by atoms with E-state index in [0.29, 0.717) is 18.3 Å². The summed E-state index contributed by atoms with van der Waals surface area (Å²) >= 11 is 0. The molecule has 1 unspecified atom stereocenters. The van der Waals surface area contributed by atoms with Crippen LogP contribution in [-0.4, -0.2) is 59.5 Å². The number of aliphatic hydroxyl groups is 3. The van der Waals surface area contributed by atoms with Gasteiger partial charge in [-0.3, -0.25) is 0 Å². The van der Waals surface area contributed by atoms with Gasteiger partial charge in [-0.1, -0.05) is 25.4 Å². The monoisotopic (exact) mass is 288 g/mol. The molecule has 0 aromatic heterocycles. The third-order valence-corrected chi connectivity index (χ3v) is 3.74. The third-order valence-electron chi connectivity index (χ3n) is 3.74. The van der Waals surface area contributed by atoms with E-state index >= 15 is 0 Å². The fraction of sp³-hybridized carbons (Fsp3) is 0.929. The Bertz CT molecular complexity index is 304. The minimum absolute atomic E-state index is 0.107. The highest BCUT2D eigenvalue weighted by atomic mass is 16.6. The van der Waals surface area contributed by atoms with Gasteiger partial charge in [0.2, 0.25) is 0 Å². The Kier molecular flexibility index (Phi) is 7.43. The smallest absolute Gasteiger partial charge is 0.144 e. The van der Waals surface area contributed by atoms with E-state index in [2.05, 4.69) is 10.5 Å². The standard InChI is InChI=1S/C14H28N2O4/c1-11(2)15-7-12(19)8-20-16-13-5-3-4-6-14(13,9-17)10-18/h11-12,15,17-19H,3-10H2,1-2H3/b16-13+. The molecule has 0 radical (unpaired) electrons. The van der Waals surface area contributed by atoms with Gasteiger partial charge in [0.15, 0.2) is 0 Å². The number of hydrogen-bond acceptors (Lipinski definition) is 6. The number of nitrogens with zero attached hydrogens (tertiary/aromatic N) is 1. The van der Waals surface area contributed by atoms with Crippen molar-refractivity contribution in [3.63, 3.8) is 0 Å². The zero-order valence-electron chi connectivity index (χ0n) is 12.5. The predicted octanol–water partition coefficient (Wildman–Crippen LogP) is 0.263. The summed E-state index contributed by atoms with van der Waals surface area (Å²) in [5.74, 6) is 0. The van der Waals surface area contributed by atoms with E-state index in [9.17, 15) is 15.3 Å². The molecule has 0 aliphatic heterocycles. The van der Waals surface area contributed by atoms with Crippen molar-refractivity contribution in [1.29, 1.82) is 0 Å². The van der Waals surface area contributed by atoms with Crippen molar-refractivity contribution >= 4 is 5.71 Å². The van der Waals surface area contributed by atoms with E-state index in [-0.39, 0.29) is 19.8 Å². The van der Waals surface area contributed by atoms with Gasteiger partial charge in [0.1, 0.15) is 12.7 Å². The van der Waals surface area contributed by atoms with E-state index in [1.807, 2.05) is 13.8 Å². The zero-order valence-corrected chi connectivity index (χ0v) is 12.5. The highest BCUT2D eigenvalue weighted by molar-refractivity contribution is 5.90. The molecule has 4 N–H and O–H groups in total. The molecule has 1 atom stereocenters. The molecule has 1 saturated carbocycles. The average molecular weight is 288 g/mol. The van der Waals surface area contributed by atoms with Crippen LogP contribution in [0, 0.1) is 5.41 Å². The molecule has 0 aromatic rings. The topological polar surface area (TPSA) is 94.3 Å². The highest BCUT2D eigenvalue weighted by Crippen LogP contribution is 2.33. The maximum absolute atomic E-state index is 9.72. The maximum atomic E-state index is 9.72. The van der Waals surface area contributed by atoms with Crippen molar-refractivity contribution < 1.29 is 20.2 Å². The molecular formula is C14H28N2O4. The number of oxime groups is 1. The van der Waals surface area contributed by atoms with Crippen LogP contribution in [0.4, 0.5) is 0 Å². The van der Waals surface area contributed by atoms with E-state index in [4.69, 9.17) is 4.84 Å². The van der Waals surface area contributed by atoms with Gasteiger partial charge in [-0.25, -0.2) is 0 Å². The van der Waals surface area contributed by atoms with Gasteiger partial charge in [-0.2, -0.15) is 0 Å². The van der Waals surface area contributed by atoms with Gasteiger partial charge in [0.25, 0.3) is 0 Å². The largest absolute Gasteiger partial charge is 0.395 e. The number of nitrogens with one attached hydrogen (secondary N) is 1. The van der Waals surface area contributed by atoms with Gasteiger partial charge in [0, 0.05) is 12.6 Å². The summed E-state index contributed by atoms with van der Waals surface area (Å²) in [6.07, 6.45) is 2.78. The lowest BCUT2D eigenvalue weighted by Crippen LogP contribution is -2.41. The first-order valence-corrected chi connectivity index (χ1v) is 7.36. The summed E-state index contributed by atoms with van der Waals surface area (Å²) < 4.78 is 0. The first kappa shape index (κ1) is 17.4. The Morgan fingerprint density at radius 1 is 1.30 bits per heavy atom. The average Bonchev–Trinajstić information content (AvgIpc) is 2.45. The summed E-state index contributed by atoms with van der Waals surface area (Å²) in [4.78, 5) is 5.20. The zero-order chi connectivity index (χ0) is 15.0. The van der Waals surface area contributed by atoms with Gasteiger partial charge < -0.3 is 25.5 Å². The lowest BCUT2D eigenvalue weighted by atomic mass is 9.73. The first-order valence-electron chi connectivity index (χ1n) is 7.36. The van der Waals surface area contributed by atoms with E-state index in [1.165, 1.54) is 0 Å². The minimum Gasteiger partial charge on any atom is -0.395 e. The number of aliphatic hydroxyl groups excluding tert-OH is 3. The van der Waals surface area contributed by atoms with Crippen molar-refractivity contribution in [3.8, 4) is 0 Å². The fourth-order valence-corrected chi connectivity index (χ4v) is 2.33. The van der Waals surface area contributed by atoms with Crippen molar-refractivity contribution in [2.75, 3.05) is 26.4 Å². The molecule has 1 fully saturated rings. The number of hydrogen-bond donors (Lipinski definition) is 4. The summed E-state index contributed by atoms with van der Waals surface area (Å²) in [6, 6.07) is 0.311. The normalized spacial score (nSPS) is 22.2. The van der Waals surface area contributed by atoms with Crippen LogP contribution in [0.5, 0.6) is 0 Å². The summed E-state index contributed by atoms with van der Waals surface area (Å²) in [7, 11) is 0. The molecular weight excluding hydrogens is 260 g/mol. The Morgan fingerprint density at radius 3 is 2.60 bits per heavy atom. The SMILES string of the molecule is CC(C)NCC(O)CO/N=C1\CCCCC1(CO)CO. The van der Waals surface area contributed by atoms with E-state index in [1.54, 1.807) is 0 Å². The van der Waals surface area contributed by atoms with Crippen LogP contribution < -0.4 is 5.32 Å². The second-order valence-electron chi connectivity index (χ2n) is 5.85. The Labute approximate surface area is 120 Å². The summed E-state index contributed by atoms with van der Waals surface area (Å²) in [5.41, 5.74) is 0.0529. The van der Waals surface area contributed by atoms with Gasteiger partial charge in [-0.15, -0.1) is 0 Å². The molecule has 118 valence electrons. The molecule has 1 aliphatic rings. The van der Waals surface area contributed by atoms with Crippen LogP contribution >= 0.6 is 0 Å². The quantitative estimate of drug-likeness (QED) is 0.481. The molecule has 0 bridgehead atoms. The molecule has 0 amide bonds. The molecule has 6 heteroatoms. The van der Waals surface area contributed by atoms with Gasteiger partial charge in [0.05, 0.1) is 24.3 Å². The van der Waals surface area contributed by atoms with Crippen LogP contribution in [0.2, 0.25) is 0 Å². The van der Waals surface area contributed by atoms with Crippen LogP contribution in [0.15, 0.2) is 5.16 Å². The van der Waals surface area contributed by atoms with E-state index < -0.39 is 11.5 Å². The van der Waals surface area contributed by atoms with Gasteiger partial charge >= 0.3 is 0 Å². The lowest BCUT2D eigenvalue weighted by Gasteiger charge is -2.34. The second-order valence-corrected chi connectivity index (χ2v) is 5.85. The van der Waals surface area contributed by atoms with Crippen molar-refractivity contribution in [2.45, 2.75) is 51.7 Å². The first-order chi connectivity index (χ1) is 9.54. The molecule has 0 spiro atoms. The van der Waals surface area contributed by atoms with Gasteiger partial charge in [-0.05, 0) is 19.3 Å². The van der Waals surface area contributed by atoms with Crippen LogP contribution in [0.1, 0.15) is 39.5 Å². The Balaban J connectivity index is 2.46. The molecule has 1 rings (SSSR count). The van der Waals surface area contributed by atoms with Crippen LogP contribution in [0.25, 0.3) is 0 Å². The second kappa shape index (κ2) is 8.56. The van der Waals surface area contributed by atoms with Crippen LogP contribution in [0.3, 0.4) is 0 Å². The van der Waals surface area contributed by atoms with Crippen molar-refractivity contribution in [2.24, 2.45) is 10.6 Å². The molecule has 6 nitrogen and oxygen atoms in total.